The Morgan fingerprint density at radius 3 is 2.55 bits per heavy atom. The van der Waals surface area contributed by atoms with Crippen molar-refractivity contribution in [2.45, 2.75) is 6.42 Å². The lowest BCUT2D eigenvalue weighted by molar-refractivity contribution is -0.115. The lowest BCUT2D eigenvalue weighted by atomic mass is 10.0. The van der Waals surface area contributed by atoms with E-state index in [9.17, 15) is 4.79 Å². The minimum atomic E-state index is -0.126. The zero-order valence-electron chi connectivity index (χ0n) is 11.9. The number of nitrogens with zero attached hydrogens (tertiary/aromatic N) is 1. The first kappa shape index (κ1) is 13.8. The zero-order chi connectivity index (χ0) is 15.4. The van der Waals surface area contributed by atoms with Crippen LogP contribution >= 0.6 is 0 Å². The lowest BCUT2D eigenvalue weighted by Gasteiger charge is -2.09. The van der Waals surface area contributed by atoms with Gasteiger partial charge in [0.1, 0.15) is 6.07 Å². The number of fused-ring (bicyclic) bond motifs is 1. The van der Waals surface area contributed by atoms with Crippen molar-refractivity contribution < 1.29 is 4.79 Å². The predicted octanol–water partition coefficient (Wildman–Crippen LogP) is 3.89. The van der Waals surface area contributed by atoms with Crippen molar-refractivity contribution >= 4 is 22.4 Å². The Labute approximate surface area is 128 Å². The number of nitrogens with one attached hydrogen (secondary N) is 1. The Balaban J connectivity index is 1.84. The van der Waals surface area contributed by atoms with Crippen molar-refractivity contribution in [3.63, 3.8) is 0 Å². The summed E-state index contributed by atoms with van der Waals surface area (Å²) in [4.78, 5) is 12.3. The molecule has 1 N–H and O–H groups in total. The van der Waals surface area contributed by atoms with Crippen LogP contribution in [0.15, 0.2) is 66.7 Å². The molecular weight excluding hydrogens is 272 g/mol. The van der Waals surface area contributed by atoms with Crippen molar-refractivity contribution in [1.82, 2.24) is 0 Å². The van der Waals surface area contributed by atoms with Crippen LogP contribution < -0.4 is 5.32 Å². The van der Waals surface area contributed by atoms with Crippen LogP contribution in [0.2, 0.25) is 0 Å². The summed E-state index contributed by atoms with van der Waals surface area (Å²) in [6.07, 6.45) is 0.279. The van der Waals surface area contributed by atoms with Crippen molar-refractivity contribution in [2.75, 3.05) is 5.32 Å². The van der Waals surface area contributed by atoms with Crippen molar-refractivity contribution in [3.8, 4) is 6.07 Å². The first-order valence-electron chi connectivity index (χ1n) is 7.03. The van der Waals surface area contributed by atoms with Gasteiger partial charge in [-0.15, -0.1) is 0 Å². The molecule has 3 heteroatoms. The normalized spacial score (nSPS) is 10.1. The number of para-hydroxylation sites is 1. The summed E-state index contributed by atoms with van der Waals surface area (Å²) >= 11 is 0. The summed E-state index contributed by atoms with van der Waals surface area (Å²) in [5.74, 6) is -0.126. The first-order valence-corrected chi connectivity index (χ1v) is 7.03. The number of anilines is 1. The summed E-state index contributed by atoms with van der Waals surface area (Å²) in [5, 5.41) is 14.1. The number of hydrogen-bond acceptors (Lipinski definition) is 2. The fraction of sp³-hybridized carbons (Fsp3) is 0.0526. The highest BCUT2D eigenvalue weighted by atomic mass is 16.1. The molecule has 1 amide bonds. The van der Waals surface area contributed by atoms with Crippen LogP contribution in [0.4, 0.5) is 5.69 Å². The van der Waals surface area contributed by atoms with E-state index in [0.29, 0.717) is 11.3 Å². The molecule has 22 heavy (non-hydrogen) atoms. The van der Waals surface area contributed by atoms with E-state index < -0.39 is 0 Å². The molecule has 0 aliphatic heterocycles. The van der Waals surface area contributed by atoms with Crippen LogP contribution in [0.5, 0.6) is 0 Å². The molecule has 0 saturated carbocycles. The van der Waals surface area contributed by atoms with Crippen molar-refractivity contribution in [2.24, 2.45) is 0 Å². The van der Waals surface area contributed by atoms with Crippen LogP contribution in [0.25, 0.3) is 10.8 Å². The molecule has 3 rings (SSSR count). The Kier molecular flexibility index (Phi) is 3.84. The summed E-state index contributed by atoms with van der Waals surface area (Å²) in [5.41, 5.74) is 1.99. The number of rotatable bonds is 3. The molecule has 0 atom stereocenters. The molecule has 0 aromatic heterocycles. The van der Waals surface area contributed by atoms with Gasteiger partial charge in [-0.25, -0.2) is 0 Å². The molecule has 0 aliphatic rings. The van der Waals surface area contributed by atoms with E-state index in [1.54, 1.807) is 24.3 Å². The summed E-state index contributed by atoms with van der Waals surface area (Å²) in [7, 11) is 0. The van der Waals surface area contributed by atoms with Crippen LogP contribution in [0.3, 0.4) is 0 Å². The van der Waals surface area contributed by atoms with E-state index in [-0.39, 0.29) is 12.3 Å². The summed E-state index contributed by atoms with van der Waals surface area (Å²) in [6.45, 7) is 0. The second-order valence-electron chi connectivity index (χ2n) is 5.02. The summed E-state index contributed by atoms with van der Waals surface area (Å²) in [6, 6.07) is 23.0. The topological polar surface area (TPSA) is 52.9 Å². The summed E-state index contributed by atoms with van der Waals surface area (Å²) < 4.78 is 0. The van der Waals surface area contributed by atoms with Crippen LogP contribution in [-0.4, -0.2) is 5.91 Å². The second kappa shape index (κ2) is 6.11. The molecule has 0 bridgehead atoms. The third-order valence-electron chi connectivity index (χ3n) is 3.55. The standard InChI is InChI=1S/C19H14N2O/c20-13-16-7-2-4-11-18(16)21-19(22)12-15-9-5-8-14-6-1-3-10-17(14)15/h1-11H,12H2,(H,21,22). The SMILES string of the molecule is N#Cc1ccccc1NC(=O)Cc1cccc2ccccc12. The van der Waals surface area contributed by atoms with Gasteiger partial charge in [0.05, 0.1) is 17.7 Å². The lowest BCUT2D eigenvalue weighted by Crippen LogP contribution is -2.15. The number of carbonyl (C=O) groups is 1. The van der Waals surface area contributed by atoms with Gasteiger partial charge in [-0.3, -0.25) is 4.79 Å². The van der Waals surface area contributed by atoms with E-state index in [0.717, 1.165) is 16.3 Å². The number of hydrogen-bond donors (Lipinski definition) is 1. The Bertz CT molecular complexity index is 872. The van der Waals surface area contributed by atoms with E-state index in [2.05, 4.69) is 11.4 Å². The largest absolute Gasteiger partial charge is 0.325 e. The van der Waals surface area contributed by atoms with Gasteiger partial charge in [-0.05, 0) is 28.5 Å². The molecule has 0 radical (unpaired) electrons. The monoisotopic (exact) mass is 286 g/mol. The number of amides is 1. The average Bonchev–Trinajstić information content (AvgIpc) is 2.55. The molecule has 3 nitrogen and oxygen atoms in total. The third-order valence-corrected chi connectivity index (χ3v) is 3.55. The second-order valence-corrected chi connectivity index (χ2v) is 5.02. The minimum Gasteiger partial charge on any atom is -0.325 e. The average molecular weight is 286 g/mol. The van der Waals surface area contributed by atoms with Crippen molar-refractivity contribution in [3.05, 3.63) is 77.9 Å². The first-order chi connectivity index (χ1) is 10.8. The third kappa shape index (κ3) is 2.82. The Morgan fingerprint density at radius 1 is 0.955 bits per heavy atom. The molecule has 0 heterocycles. The van der Waals surface area contributed by atoms with Gasteiger partial charge in [-0.2, -0.15) is 5.26 Å². The van der Waals surface area contributed by atoms with Gasteiger partial charge in [0.15, 0.2) is 0 Å². The van der Waals surface area contributed by atoms with Gasteiger partial charge in [-0.1, -0.05) is 54.6 Å². The van der Waals surface area contributed by atoms with Crippen LogP contribution in [0.1, 0.15) is 11.1 Å². The highest BCUT2D eigenvalue weighted by Crippen LogP contribution is 2.20. The number of nitriles is 1. The maximum Gasteiger partial charge on any atom is 0.228 e. The molecule has 0 unspecified atom stereocenters. The maximum absolute atomic E-state index is 12.3. The van der Waals surface area contributed by atoms with Gasteiger partial charge in [0.25, 0.3) is 0 Å². The Morgan fingerprint density at radius 2 is 1.68 bits per heavy atom. The molecular formula is C19H14N2O. The van der Waals surface area contributed by atoms with Gasteiger partial charge in [0, 0.05) is 0 Å². The Hall–Kier alpha value is -3.12. The fourth-order valence-electron chi connectivity index (χ4n) is 2.50. The maximum atomic E-state index is 12.3. The molecule has 0 aliphatic carbocycles. The number of benzene rings is 3. The fourth-order valence-corrected chi connectivity index (χ4v) is 2.50. The van der Waals surface area contributed by atoms with Crippen molar-refractivity contribution in [1.29, 1.82) is 5.26 Å². The van der Waals surface area contributed by atoms with Gasteiger partial charge >= 0.3 is 0 Å². The van der Waals surface area contributed by atoms with Gasteiger partial charge in [0.2, 0.25) is 5.91 Å². The van der Waals surface area contributed by atoms with E-state index in [4.69, 9.17) is 5.26 Å². The van der Waals surface area contributed by atoms with Crippen LogP contribution in [-0.2, 0) is 11.2 Å². The quantitative estimate of drug-likeness (QED) is 0.794. The zero-order valence-corrected chi connectivity index (χ0v) is 11.9. The minimum absolute atomic E-state index is 0.126. The highest BCUT2D eigenvalue weighted by Gasteiger charge is 2.09. The molecule has 0 fully saturated rings. The molecule has 0 saturated heterocycles. The predicted molar refractivity (Wildman–Crippen MR) is 87.4 cm³/mol. The highest BCUT2D eigenvalue weighted by molar-refractivity contribution is 5.96. The molecule has 3 aromatic rings. The van der Waals surface area contributed by atoms with Crippen LogP contribution in [0, 0.1) is 11.3 Å². The molecule has 3 aromatic carbocycles. The van der Waals surface area contributed by atoms with E-state index in [1.807, 2.05) is 42.5 Å². The smallest absolute Gasteiger partial charge is 0.228 e. The molecule has 106 valence electrons. The van der Waals surface area contributed by atoms with E-state index >= 15 is 0 Å². The van der Waals surface area contributed by atoms with Gasteiger partial charge < -0.3 is 5.32 Å². The number of carbonyl (C=O) groups excluding carboxylic acids is 1. The molecule has 0 spiro atoms. The van der Waals surface area contributed by atoms with E-state index in [1.165, 1.54) is 0 Å².